The number of nitriles is 1. The number of thiazole rings is 1. The van der Waals surface area contributed by atoms with Gasteiger partial charge in [-0.3, -0.25) is 0 Å². The number of carbonyl (C=O) groups excluding carboxylic acids is 1. The molecule has 0 aliphatic carbocycles. The minimum atomic E-state index is -0.430. The summed E-state index contributed by atoms with van der Waals surface area (Å²) in [6, 6.07) is 2.01. The molecule has 0 atom stereocenters. The molecule has 0 bridgehead atoms. The second-order valence-corrected chi connectivity index (χ2v) is 5.20. The number of nitrogens with zero attached hydrogens (tertiary/aromatic N) is 5. The Balaban J connectivity index is 2.43. The first-order valence-electron chi connectivity index (χ1n) is 6.89. The lowest BCUT2D eigenvalue weighted by molar-refractivity contribution is 0.0531. The Bertz CT molecular complexity index is 772. The number of hydrogen-bond donors (Lipinski definition) is 0. The third-order valence-corrected chi connectivity index (χ3v) is 3.82. The second kappa shape index (κ2) is 7.51. The zero-order chi connectivity index (χ0) is 16.8. The summed E-state index contributed by atoms with van der Waals surface area (Å²) in [7, 11) is 0. The van der Waals surface area contributed by atoms with Crippen molar-refractivity contribution in [3.63, 3.8) is 0 Å². The van der Waals surface area contributed by atoms with Crippen LogP contribution in [0.1, 0.15) is 34.8 Å². The summed E-state index contributed by atoms with van der Waals surface area (Å²) in [6.07, 6.45) is 2.64. The molecule has 0 amide bonds. The first kappa shape index (κ1) is 16.6. The third-order valence-electron chi connectivity index (χ3n) is 2.71. The Morgan fingerprint density at radius 3 is 2.96 bits per heavy atom. The molecule has 0 N–H and O–H groups in total. The standard InChI is InChI=1S/C14H15N5O3S/c1-4-21-8-16-12-10(6-15)7-17-19(12)14-18-9(3)11(23-14)13(20)22-5-2/h7-8H,4-5H2,1-3H3/b16-8+. The second-order valence-electron chi connectivity index (χ2n) is 4.23. The Morgan fingerprint density at radius 2 is 2.30 bits per heavy atom. The van der Waals surface area contributed by atoms with Gasteiger partial charge in [0.25, 0.3) is 0 Å². The summed E-state index contributed by atoms with van der Waals surface area (Å²) in [5.74, 6) is -0.133. The summed E-state index contributed by atoms with van der Waals surface area (Å²) in [4.78, 5) is 20.7. The molecule has 120 valence electrons. The monoisotopic (exact) mass is 333 g/mol. The molecule has 9 heteroatoms. The molecule has 23 heavy (non-hydrogen) atoms. The van der Waals surface area contributed by atoms with Gasteiger partial charge in [0.05, 0.1) is 25.1 Å². The molecule has 2 rings (SSSR count). The van der Waals surface area contributed by atoms with E-state index in [9.17, 15) is 4.79 Å². The van der Waals surface area contributed by atoms with E-state index in [0.717, 1.165) is 11.3 Å². The van der Waals surface area contributed by atoms with Gasteiger partial charge in [-0.1, -0.05) is 11.3 Å². The van der Waals surface area contributed by atoms with Crippen molar-refractivity contribution in [1.82, 2.24) is 14.8 Å². The first-order valence-corrected chi connectivity index (χ1v) is 7.71. The van der Waals surface area contributed by atoms with Crippen molar-refractivity contribution in [1.29, 1.82) is 5.26 Å². The molecule has 0 aromatic carbocycles. The minimum absolute atomic E-state index is 0.284. The van der Waals surface area contributed by atoms with E-state index in [1.807, 2.05) is 13.0 Å². The maximum Gasteiger partial charge on any atom is 0.350 e. The SMILES string of the molecule is CCO/C=N/c1c(C#N)cnn1-c1nc(C)c(C(=O)OCC)s1. The number of rotatable bonds is 6. The Kier molecular flexibility index (Phi) is 5.43. The van der Waals surface area contributed by atoms with Crippen molar-refractivity contribution >= 4 is 29.5 Å². The molecular weight excluding hydrogens is 318 g/mol. The molecule has 0 saturated carbocycles. The highest BCUT2D eigenvalue weighted by atomic mass is 32.1. The Labute approximate surface area is 137 Å². The lowest BCUT2D eigenvalue weighted by atomic mass is 10.4. The summed E-state index contributed by atoms with van der Waals surface area (Å²) in [5.41, 5.74) is 0.823. The maximum absolute atomic E-state index is 11.9. The molecule has 2 aromatic heterocycles. The summed E-state index contributed by atoms with van der Waals surface area (Å²) in [5, 5.41) is 13.7. The van der Waals surface area contributed by atoms with Crippen LogP contribution in [0.15, 0.2) is 11.2 Å². The predicted molar refractivity (Wildman–Crippen MR) is 84.4 cm³/mol. The van der Waals surface area contributed by atoms with E-state index >= 15 is 0 Å². The first-order chi connectivity index (χ1) is 11.1. The number of hydrogen-bond acceptors (Lipinski definition) is 8. The van der Waals surface area contributed by atoms with Crippen LogP contribution in [0.3, 0.4) is 0 Å². The van der Waals surface area contributed by atoms with Crippen LogP contribution in [-0.2, 0) is 9.47 Å². The molecule has 0 unspecified atom stereocenters. The van der Waals surface area contributed by atoms with Crippen LogP contribution >= 0.6 is 11.3 Å². The van der Waals surface area contributed by atoms with Gasteiger partial charge in [-0.25, -0.2) is 9.78 Å². The van der Waals surface area contributed by atoms with E-state index in [4.69, 9.17) is 14.7 Å². The van der Waals surface area contributed by atoms with Gasteiger partial charge in [-0.2, -0.15) is 20.0 Å². The van der Waals surface area contributed by atoms with E-state index in [1.165, 1.54) is 17.3 Å². The summed E-state index contributed by atoms with van der Waals surface area (Å²) >= 11 is 1.13. The normalized spacial score (nSPS) is 10.7. The summed E-state index contributed by atoms with van der Waals surface area (Å²) < 4.78 is 11.5. The number of aliphatic imine (C=N–C) groups is 1. The van der Waals surface area contributed by atoms with Crippen LogP contribution in [-0.4, -0.2) is 40.3 Å². The van der Waals surface area contributed by atoms with Crippen molar-refractivity contribution in [2.75, 3.05) is 13.2 Å². The zero-order valence-electron chi connectivity index (χ0n) is 12.9. The molecule has 2 aromatic rings. The highest BCUT2D eigenvalue weighted by Gasteiger charge is 2.20. The van der Waals surface area contributed by atoms with Gasteiger partial charge in [-0.05, 0) is 20.8 Å². The summed E-state index contributed by atoms with van der Waals surface area (Å²) in [6.45, 7) is 6.02. The van der Waals surface area contributed by atoms with Gasteiger partial charge in [-0.15, -0.1) is 0 Å². The molecule has 0 saturated heterocycles. The van der Waals surface area contributed by atoms with Gasteiger partial charge < -0.3 is 9.47 Å². The smallest absolute Gasteiger partial charge is 0.350 e. The van der Waals surface area contributed by atoms with E-state index < -0.39 is 5.97 Å². The predicted octanol–water partition coefficient (Wildman–Crippen LogP) is 2.38. The number of ether oxygens (including phenoxy) is 2. The topological polar surface area (TPSA) is 102 Å². The molecule has 0 aliphatic rings. The number of esters is 1. The van der Waals surface area contributed by atoms with Crippen molar-refractivity contribution in [3.8, 4) is 11.2 Å². The quantitative estimate of drug-likeness (QED) is 0.457. The minimum Gasteiger partial charge on any atom is -0.483 e. The van der Waals surface area contributed by atoms with Crippen LogP contribution in [0, 0.1) is 18.3 Å². The Hall–Kier alpha value is -2.73. The van der Waals surface area contributed by atoms with Gasteiger partial charge in [0, 0.05) is 0 Å². The Morgan fingerprint density at radius 1 is 1.52 bits per heavy atom. The lowest BCUT2D eigenvalue weighted by Gasteiger charge is -1.99. The highest BCUT2D eigenvalue weighted by Crippen LogP contribution is 2.27. The van der Waals surface area contributed by atoms with Crippen molar-refractivity contribution < 1.29 is 14.3 Å². The van der Waals surface area contributed by atoms with Crippen molar-refractivity contribution in [2.24, 2.45) is 4.99 Å². The highest BCUT2D eigenvalue weighted by molar-refractivity contribution is 7.16. The molecule has 0 fully saturated rings. The fraction of sp³-hybridized carbons (Fsp3) is 0.357. The van der Waals surface area contributed by atoms with Crippen LogP contribution < -0.4 is 0 Å². The average molecular weight is 333 g/mol. The molecular formula is C14H15N5O3S. The number of carbonyl (C=O) groups is 1. The molecule has 0 radical (unpaired) electrons. The molecule has 8 nitrogen and oxygen atoms in total. The van der Waals surface area contributed by atoms with Crippen molar-refractivity contribution in [2.45, 2.75) is 20.8 Å². The molecule has 0 aliphatic heterocycles. The van der Waals surface area contributed by atoms with Crippen LogP contribution in [0.5, 0.6) is 0 Å². The number of aromatic nitrogens is 3. The maximum atomic E-state index is 11.9. The van der Waals surface area contributed by atoms with E-state index in [2.05, 4.69) is 15.1 Å². The van der Waals surface area contributed by atoms with Crippen LogP contribution in [0.2, 0.25) is 0 Å². The van der Waals surface area contributed by atoms with Crippen LogP contribution in [0.25, 0.3) is 5.13 Å². The molecule has 0 spiro atoms. The largest absolute Gasteiger partial charge is 0.483 e. The van der Waals surface area contributed by atoms with Crippen LogP contribution in [0.4, 0.5) is 5.82 Å². The lowest BCUT2D eigenvalue weighted by Crippen LogP contribution is -2.03. The van der Waals surface area contributed by atoms with Gasteiger partial charge in [0.15, 0.2) is 12.2 Å². The van der Waals surface area contributed by atoms with Crippen molar-refractivity contribution in [3.05, 3.63) is 22.3 Å². The zero-order valence-corrected chi connectivity index (χ0v) is 13.8. The molecule has 2 heterocycles. The van der Waals surface area contributed by atoms with E-state index in [0.29, 0.717) is 28.1 Å². The average Bonchev–Trinajstić information content (AvgIpc) is 3.11. The van der Waals surface area contributed by atoms with Gasteiger partial charge >= 0.3 is 5.97 Å². The van der Waals surface area contributed by atoms with E-state index in [1.54, 1.807) is 13.8 Å². The third kappa shape index (κ3) is 3.54. The fourth-order valence-corrected chi connectivity index (χ4v) is 2.63. The van der Waals surface area contributed by atoms with Gasteiger partial charge in [0.2, 0.25) is 5.13 Å². The van der Waals surface area contributed by atoms with Gasteiger partial charge in [0.1, 0.15) is 16.5 Å². The fourth-order valence-electron chi connectivity index (χ4n) is 1.71. The van der Waals surface area contributed by atoms with E-state index in [-0.39, 0.29) is 12.2 Å². The number of aryl methyl sites for hydroxylation is 1.